The number of thiophene rings is 1. The molecule has 1 heterocycles. The average molecular weight is 482 g/mol. The first kappa shape index (κ1) is 23.6. The predicted molar refractivity (Wildman–Crippen MR) is 123 cm³/mol. The van der Waals surface area contributed by atoms with Crippen molar-refractivity contribution in [2.75, 3.05) is 24.3 Å². The van der Waals surface area contributed by atoms with E-state index in [1.54, 1.807) is 19.1 Å². The molecule has 9 heteroatoms. The Labute approximate surface area is 194 Å². The minimum atomic E-state index is -0.500. The van der Waals surface area contributed by atoms with Gasteiger partial charge in [0.1, 0.15) is 5.00 Å². The van der Waals surface area contributed by atoms with Crippen LogP contribution < -0.4 is 5.32 Å². The molecule has 1 aromatic heterocycles. The minimum Gasteiger partial charge on any atom is -0.462 e. The van der Waals surface area contributed by atoms with Crippen LogP contribution in [0.2, 0.25) is 5.02 Å². The van der Waals surface area contributed by atoms with Crippen molar-refractivity contribution in [2.24, 2.45) is 5.92 Å². The maximum Gasteiger partial charge on any atom is 0.341 e. The number of hydrogen-bond acceptors (Lipinski definition) is 7. The smallest absolute Gasteiger partial charge is 0.341 e. The highest BCUT2D eigenvalue weighted by molar-refractivity contribution is 8.00. The van der Waals surface area contributed by atoms with Gasteiger partial charge in [-0.15, -0.1) is 23.1 Å². The lowest BCUT2D eigenvalue weighted by molar-refractivity contribution is -0.144. The normalized spacial score (nSPS) is 15.1. The molecule has 1 atom stereocenters. The van der Waals surface area contributed by atoms with Gasteiger partial charge in [-0.25, -0.2) is 4.79 Å². The summed E-state index contributed by atoms with van der Waals surface area (Å²) in [6.07, 6.45) is 2.65. The fourth-order valence-electron chi connectivity index (χ4n) is 3.28. The topological polar surface area (TPSA) is 81.7 Å². The number of hydrogen-bond donors (Lipinski definition) is 1. The first-order chi connectivity index (χ1) is 14.9. The van der Waals surface area contributed by atoms with Gasteiger partial charge in [-0.05, 0) is 61.9 Å². The predicted octanol–water partition coefficient (Wildman–Crippen LogP) is 4.98. The van der Waals surface area contributed by atoms with Crippen molar-refractivity contribution >= 4 is 57.5 Å². The van der Waals surface area contributed by atoms with Crippen molar-refractivity contribution in [2.45, 2.75) is 38.0 Å². The van der Waals surface area contributed by atoms with Gasteiger partial charge in [0.25, 0.3) is 5.91 Å². The lowest BCUT2D eigenvalue weighted by atomic mass is 9.88. The van der Waals surface area contributed by atoms with E-state index in [1.165, 1.54) is 23.1 Å². The van der Waals surface area contributed by atoms with Crippen LogP contribution in [0.5, 0.6) is 0 Å². The molecule has 1 amide bonds. The molecule has 0 aliphatic heterocycles. The van der Waals surface area contributed by atoms with E-state index in [0.717, 1.165) is 34.6 Å². The Balaban J connectivity index is 1.57. The highest BCUT2D eigenvalue weighted by Crippen LogP contribution is 2.40. The number of carbonyl (C=O) groups is 3. The average Bonchev–Trinajstić information content (AvgIpc) is 3.08. The number of carbonyl (C=O) groups excluding carboxylic acids is 3. The molecule has 2 aromatic rings. The zero-order chi connectivity index (χ0) is 22.4. The first-order valence-corrected chi connectivity index (χ1v) is 12.2. The molecule has 0 radical (unpaired) electrons. The van der Waals surface area contributed by atoms with Gasteiger partial charge in [0.2, 0.25) is 0 Å². The van der Waals surface area contributed by atoms with Gasteiger partial charge in [-0.1, -0.05) is 18.5 Å². The highest BCUT2D eigenvalue weighted by atomic mass is 35.5. The molecule has 0 bridgehead atoms. The fraction of sp³-hybridized carbons (Fsp3) is 0.409. The molecule has 1 aromatic carbocycles. The first-order valence-electron chi connectivity index (χ1n) is 10.0. The van der Waals surface area contributed by atoms with Gasteiger partial charge >= 0.3 is 11.9 Å². The Morgan fingerprint density at radius 1 is 1.23 bits per heavy atom. The SMILES string of the molecule is CCOC(=O)c1c(NC(=O)COC(=O)CSc2ccc(Cl)cc2)sc2c1CCC(C)C2. The Morgan fingerprint density at radius 2 is 1.97 bits per heavy atom. The summed E-state index contributed by atoms with van der Waals surface area (Å²) < 4.78 is 10.3. The maximum absolute atomic E-state index is 12.5. The summed E-state index contributed by atoms with van der Waals surface area (Å²) in [4.78, 5) is 38.8. The number of ether oxygens (including phenoxy) is 2. The van der Waals surface area contributed by atoms with Crippen LogP contribution in [0.25, 0.3) is 0 Å². The Hall–Kier alpha value is -2.03. The summed E-state index contributed by atoms with van der Waals surface area (Å²) in [7, 11) is 0. The van der Waals surface area contributed by atoms with E-state index in [9.17, 15) is 14.4 Å². The lowest BCUT2D eigenvalue weighted by Crippen LogP contribution is -2.22. The molecule has 6 nitrogen and oxygen atoms in total. The zero-order valence-corrected chi connectivity index (χ0v) is 19.8. The van der Waals surface area contributed by atoms with Gasteiger partial charge in [0.05, 0.1) is 17.9 Å². The number of anilines is 1. The van der Waals surface area contributed by atoms with Crippen molar-refractivity contribution in [3.05, 3.63) is 45.3 Å². The monoisotopic (exact) mass is 481 g/mol. The molecular weight excluding hydrogens is 458 g/mol. The Kier molecular flexibility index (Phi) is 8.40. The third kappa shape index (κ3) is 6.48. The third-order valence-corrected chi connectivity index (χ3v) is 7.19. The molecule has 31 heavy (non-hydrogen) atoms. The standard InChI is InChI=1S/C22H24ClNO5S2/c1-3-28-22(27)20-16-9-4-13(2)10-17(16)31-21(20)24-18(25)11-29-19(26)12-30-15-7-5-14(23)6-8-15/h5-8,13H,3-4,9-12H2,1-2H3,(H,24,25). The number of fused-ring (bicyclic) bond motifs is 1. The molecule has 1 unspecified atom stereocenters. The maximum atomic E-state index is 12.5. The number of esters is 2. The van der Waals surface area contributed by atoms with Gasteiger partial charge in [0, 0.05) is 14.8 Å². The number of nitrogens with one attached hydrogen (secondary N) is 1. The number of halogens is 1. The van der Waals surface area contributed by atoms with Crippen molar-refractivity contribution in [1.29, 1.82) is 0 Å². The fourth-order valence-corrected chi connectivity index (χ4v) is 5.52. The highest BCUT2D eigenvalue weighted by Gasteiger charge is 2.29. The summed E-state index contributed by atoms with van der Waals surface area (Å²) in [6, 6.07) is 7.10. The largest absolute Gasteiger partial charge is 0.462 e. The van der Waals surface area contributed by atoms with Crippen molar-refractivity contribution in [3.8, 4) is 0 Å². The van der Waals surface area contributed by atoms with Crippen LogP contribution in [0.15, 0.2) is 29.2 Å². The van der Waals surface area contributed by atoms with E-state index in [4.69, 9.17) is 21.1 Å². The van der Waals surface area contributed by atoms with E-state index >= 15 is 0 Å². The summed E-state index contributed by atoms with van der Waals surface area (Å²) in [6.45, 7) is 3.77. The van der Waals surface area contributed by atoms with Crippen molar-refractivity contribution < 1.29 is 23.9 Å². The van der Waals surface area contributed by atoms with Crippen LogP contribution in [0.4, 0.5) is 5.00 Å². The van der Waals surface area contributed by atoms with Gasteiger partial charge in [-0.3, -0.25) is 9.59 Å². The summed E-state index contributed by atoms with van der Waals surface area (Å²) in [5.41, 5.74) is 1.40. The van der Waals surface area contributed by atoms with E-state index in [1.807, 2.05) is 12.1 Å². The number of benzene rings is 1. The number of amides is 1. The molecule has 1 aliphatic rings. The quantitative estimate of drug-likeness (QED) is 0.423. The van der Waals surface area contributed by atoms with Crippen LogP contribution in [0.3, 0.4) is 0 Å². The van der Waals surface area contributed by atoms with Gasteiger partial charge < -0.3 is 14.8 Å². The van der Waals surface area contributed by atoms with Crippen molar-refractivity contribution in [1.82, 2.24) is 0 Å². The van der Waals surface area contributed by atoms with E-state index in [-0.39, 0.29) is 12.4 Å². The molecule has 0 fully saturated rings. The number of thioether (sulfide) groups is 1. The van der Waals surface area contributed by atoms with Crippen molar-refractivity contribution in [3.63, 3.8) is 0 Å². The van der Waals surface area contributed by atoms with Crippen LogP contribution >= 0.6 is 34.7 Å². The Bertz CT molecular complexity index is 958. The summed E-state index contributed by atoms with van der Waals surface area (Å²) in [5.74, 6) is -0.805. The molecule has 0 spiro atoms. The van der Waals surface area contributed by atoms with Crippen LogP contribution in [-0.2, 0) is 31.9 Å². The van der Waals surface area contributed by atoms with Crippen LogP contribution in [0.1, 0.15) is 41.1 Å². The van der Waals surface area contributed by atoms with Crippen LogP contribution in [0, 0.1) is 5.92 Å². The lowest BCUT2D eigenvalue weighted by Gasteiger charge is -2.18. The molecule has 0 saturated carbocycles. The van der Waals surface area contributed by atoms with Crippen LogP contribution in [-0.4, -0.2) is 36.8 Å². The van der Waals surface area contributed by atoms with E-state index in [2.05, 4.69) is 12.2 Å². The number of rotatable bonds is 8. The minimum absolute atomic E-state index is 0.0776. The molecular formula is C22H24ClNO5S2. The Morgan fingerprint density at radius 3 is 2.68 bits per heavy atom. The molecule has 1 aliphatic carbocycles. The van der Waals surface area contributed by atoms with E-state index < -0.39 is 24.5 Å². The van der Waals surface area contributed by atoms with Gasteiger partial charge in [0.15, 0.2) is 6.61 Å². The molecule has 3 rings (SSSR count). The second-order valence-electron chi connectivity index (χ2n) is 7.23. The summed E-state index contributed by atoms with van der Waals surface area (Å²) in [5, 5.41) is 3.82. The molecule has 1 N–H and O–H groups in total. The second-order valence-corrected chi connectivity index (χ2v) is 9.82. The zero-order valence-electron chi connectivity index (χ0n) is 17.4. The third-order valence-electron chi connectivity index (χ3n) is 4.78. The summed E-state index contributed by atoms with van der Waals surface area (Å²) >= 11 is 8.54. The molecule has 0 saturated heterocycles. The molecule has 166 valence electrons. The second kappa shape index (κ2) is 11.0. The van der Waals surface area contributed by atoms with E-state index in [0.29, 0.717) is 21.5 Å². The van der Waals surface area contributed by atoms with Gasteiger partial charge in [-0.2, -0.15) is 0 Å².